The van der Waals surface area contributed by atoms with Crippen molar-refractivity contribution in [2.45, 2.75) is 33.3 Å². The third-order valence-corrected chi connectivity index (χ3v) is 4.47. The van der Waals surface area contributed by atoms with Crippen LogP contribution in [0.4, 0.5) is 20.6 Å². The summed E-state index contributed by atoms with van der Waals surface area (Å²) in [7, 11) is 0. The van der Waals surface area contributed by atoms with Gasteiger partial charge in [-0.15, -0.1) is 11.3 Å². The van der Waals surface area contributed by atoms with Gasteiger partial charge in [0.25, 0.3) is 5.91 Å². The van der Waals surface area contributed by atoms with Crippen LogP contribution in [0.3, 0.4) is 0 Å². The van der Waals surface area contributed by atoms with Crippen LogP contribution in [-0.4, -0.2) is 22.6 Å². The summed E-state index contributed by atoms with van der Waals surface area (Å²) in [6.45, 7) is 6.78. The number of oxazole rings is 1. The zero-order valence-corrected chi connectivity index (χ0v) is 17.1. The van der Waals surface area contributed by atoms with E-state index in [4.69, 9.17) is 9.15 Å². The molecular formula is C20H20FN3O4S. The number of carbonyl (C=O) groups excluding carboxylic acids is 2. The molecule has 3 aromatic rings. The van der Waals surface area contributed by atoms with Gasteiger partial charge in [-0.05, 0) is 57.3 Å². The van der Waals surface area contributed by atoms with Gasteiger partial charge in [0.05, 0.1) is 16.3 Å². The smallest absolute Gasteiger partial charge is 0.412 e. The molecule has 0 fully saturated rings. The number of aromatic nitrogens is 1. The predicted molar refractivity (Wildman–Crippen MR) is 109 cm³/mol. The van der Waals surface area contributed by atoms with Crippen LogP contribution < -0.4 is 10.6 Å². The van der Waals surface area contributed by atoms with Gasteiger partial charge in [0.2, 0.25) is 5.89 Å². The average Bonchev–Trinajstić information content (AvgIpc) is 3.25. The van der Waals surface area contributed by atoms with Crippen LogP contribution in [0.25, 0.3) is 10.8 Å². The van der Waals surface area contributed by atoms with E-state index in [1.54, 1.807) is 27.7 Å². The molecule has 3 rings (SSSR count). The van der Waals surface area contributed by atoms with E-state index in [-0.39, 0.29) is 17.1 Å². The summed E-state index contributed by atoms with van der Waals surface area (Å²) < 4.78 is 24.5. The Labute approximate surface area is 170 Å². The molecule has 0 aliphatic carbocycles. The van der Waals surface area contributed by atoms with E-state index in [0.29, 0.717) is 11.7 Å². The lowest BCUT2D eigenvalue weighted by molar-refractivity contribution is 0.0635. The van der Waals surface area contributed by atoms with Crippen LogP contribution in [0, 0.1) is 12.7 Å². The maximum Gasteiger partial charge on any atom is 0.412 e. The van der Waals surface area contributed by atoms with Crippen molar-refractivity contribution < 1.29 is 23.1 Å². The third kappa shape index (κ3) is 5.20. The number of hydrogen-bond acceptors (Lipinski definition) is 6. The molecule has 2 amide bonds. The highest BCUT2D eigenvalue weighted by Gasteiger charge is 2.21. The zero-order chi connectivity index (χ0) is 21.2. The summed E-state index contributed by atoms with van der Waals surface area (Å²) in [5.41, 5.74) is -0.376. The van der Waals surface area contributed by atoms with Gasteiger partial charge in [-0.2, -0.15) is 0 Å². The van der Waals surface area contributed by atoms with Crippen LogP contribution in [0.15, 0.2) is 40.1 Å². The molecule has 1 aromatic carbocycles. The van der Waals surface area contributed by atoms with Crippen LogP contribution in [-0.2, 0) is 4.74 Å². The first-order chi connectivity index (χ1) is 13.6. The molecule has 2 aromatic heterocycles. The fourth-order valence-corrected chi connectivity index (χ4v) is 3.09. The number of amides is 2. The maximum absolute atomic E-state index is 13.7. The van der Waals surface area contributed by atoms with Crippen LogP contribution >= 0.6 is 11.3 Å². The first-order valence-electron chi connectivity index (χ1n) is 8.74. The van der Waals surface area contributed by atoms with E-state index in [1.165, 1.54) is 23.5 Å². The van der Waals surface area contributed by atoms with E-state index >= 15 is 0 Å². The van der Waals surface area contributed by atoms with Crippen molar-refractivity contribution in [2.24, 2.45) is 0 Å². The van der Waals surface area contributed by atoms with Crippen LogP contribution in [0.2, 0.25) is 0 Å². The molecule has 7 nitrogen and oxygen atoms in total. The predicted octanol–water partition coefficient (Wildman–Crippen LogP) is 5.45. The average molecular weight is 417 g/mol. The number of nitrogens with one attached hydrogen (secondary N) is 2. The van der Waals surface area contributed by atoms with Crippen molar-refractivity contribution in [3.63, 3.8) is 0 Å². The summed E-state index contributed by atoms with van der Waals surface area (Å²) in [6.07, 6.45) is -0.725. The fraction of sp³-hybridized carbons (Fsp3) is 0.250. The summed E-state index contributed by atoms with van der Waals surface area (Å²) >= 11 is 1.43. The Morgan fingerprint density at radius 3 is 2.59 bits per heavy atom. The Balaban J connectivity index is 1.82. The molecule has 2 N–H and O–H groups in total. The van der Waals surface area contributed by atoms with Crippen molar-refractivity contribution in [1.82, 2.24) is 4.98 Å². The number of aryl methyl sites for hydroxylation is 1. The number of nitrogens with zero attached hydrogens (tertiary/aromatic N) is 1. The van der Waals surface area contributed by atoms with Crippen LogP contribution in [0.1, 0.15) is 37.0 Å². The van der Waals surface area contributed by atoms with E-state index in [2.05, 4.69) is 15.6 Å². The number of halogens is 1. The normalized spacial score (nSPS) is 11.2. The summed E-state index contributed by atoms with van der Waals surface area (Å²) in [5.74, 6) is -0.518. The second-order valence-corrected chi connectivity index (χ2v) is 8.12. The molecule has 0 bridgehead atoms. The van der Waals surface area contributed by atoms with E-state index in [1.807, 2.05) is 17.5 Å². The highest BCUT2D eigenvalue weighted by atomic mass is 32.1. The second kappa shape index (κ2) is 8.04. The number of rotatable bonds is 4. The molecule has 0 spiro atoms. The maximum atomic E-state index is 13.7. The summed E-state index contributed by atoms with van der Waals surface area (Å²) in [4.78, 5) is 29.8. The minimum atomic E-state index is -0.725. The first kappa shape index (κ1) is 20.5. The number of anilines is 2. The van der Waals surface area contributed by atoms with E-state index < -0.39 is 23.4 Å². The molecule has 0 saturated carbocycles. The largest absolute Gasteiger partial charge is 0.444 e. The van der Waals surface area contributed by atoms with Gasteiger partial charge >= 0.3 is 6.09 Å². The zero-order valence-electron chi connectivity index (χ0n) is 16.3. The van der Waals surface area contributed by atoms with Crippen molar-refractivity contribution in [3.05, 3.63) is 53.0 Å². The molecule has 0 saturated heterocycles. The lowest BCUT2D eigenvalue weighted by atomic mass is 10.2. The highest BCUT2D eigenvalue weighted by molar-refractivity contribution is 7.13. The topological polar surface area (TPSA) is 93.5 Å². The Bertz CT molecular complexity index is 1040. The molecule has 2 heterocycles. The first-order valence-corrected chi connectivity index (χ1v) is 9.62. The molecule has 9 heteroatoms. The second-order valence-electron chi connectivity index (χ2n) is 7.17. The van der Waals surface area contributed by atoms with Crippen LogP contribution in [0.5, 0.6) is 0 Å². The quantitative estimate of drug-likeness (QED) is 0.589. The fourth-order valence-electron chi connectivity index (χ4n) is 2.44. The molecular weight excluding hydrogens is 397 g/mol. The molecule has 29 heavy (non-hydrogen) atoms. The van der Waals surface area contributed by atoms with Gasteiger partial charge < -0.3 is 14.5 Å². The van der Waals surface area contributed by atoms with Gasteiger partial charge in [0.15, 0.2) is 5.69 Å². The molecule has 0 unspecified atom stereocenters. The molecule has 0 aliphatic rings. The molecule has 152 valence electrons. The monoisotopic (exact) mass is 417 g/mol. The van der Waals surface area contributed by atoms with E-state index in [0.717, 1.165) is 10.9 Å². The number of thiophene rings is 1. The molecule has 0 radical (unpaired) electrons. The van der Waals surface area contributed by atoms with Crippen molar-refractivity contribution in [1.29, 1.82) is 0 Å². The Morgan fingerprint density at radius 2 is 1.93 bits per heavy atom. The Morgan fingerprint density at radius 1 is 1.17 bits per heavy atom. The lowest BCUT2D eigenvalue weighted by Gasteiger charge is -2.20. The van der Waals surface area contributed by atoms with Gasteiger partial charge in [-0.3, -0.25) is 10.1 Å². The molecule has 0 atom stereocenters. The lowest BCUT2D eigenvalue weighted by Crippen LogP contribution is -2.27. The number of carbonyl (C=O) groups is 2. The number of benzene rings is 1. The van der Waals surface area contributed by atoms with Gasteiger partial charge in [0, 0.05) is 0 Å². The van der Waals surface area contributed by atoms with Crippen molar-refractivity contribution in [3.8, 4) is 10.8 Å². The molecule has 0 aliphatic heterocycles. The Kier molecular flexibility index (Phi) is 5.69. The SMILES string of the molecule is Cc1oc(-c2cccs2)nc1C(=O)Nc1cc(F)ccc1NC(=O)OC(C)(C)C. The van der Waals surface area contributed by atoms with Gasteiger partial charge in [-0.25, -0.2) is 14.2 Å². The van der Waals surface area contributed by atoms with E-state index in [9.17, 15) is 14.0 Å². The van der Waals surface area contributed by atoms with Gasteiger partial charge in [-0.1, -0.05) is 6.07 Å². The highest BCUT2D eigenvalue weighted by Crippen LogP contribution is 2.28. The van der Waals surface area contributed by atoms with Crippen molar-refractivity contribution >= 4 is 34.7 Å². The number of ether oxygens (including phenoxy) is 1. The number of hydrogen-bond donors (Lipinski definition) is 2. The Hall–Kier alpha value is -3.20. The third-order valence-electron chi connectivity index (χ3n) is 3.61. The van der Waals surface area contributed by atoms with Crippen molar-refractivity contribution in [2.75, 3.05) is 10.6 Å². The van der Waals surface area contributed by atoms with Gasteiger partial charge in [0.1, 0.15) is 17.2 Å². The summed E-state index contributed by atoms with van der Waals surface area (Å²) in [5, 5.41) is 6.95. The minimum Gasteiger partial charge on any atom is -0.444 e. The summed E-state index contributed by atoms with van der Waals surface area (Å²) in [6, 6.07) is 7.27. The standard InChI is InChI=1S/C20H20FN3O4S/c1-11-16(24-18(27-11)15-6-5-9-29-15)17(25)22-14-10-12(21)7-8-13(14)23-19(26)28-20(2,3)4/h5-10H,1-4H3,(H,22,25)(H,23,26). The minimum absolute atomic E-state index is 0.0703.